The molecule has 0 aromatic heterocycles. The highest BCUT2D eigenvalue weighted by Gasteiger charge is 2.40. The Morgan fingerprint density at radius 3 is 3.00 bits per heavy atom. The van der Waals surface area contributed by atoms with E-state index in [0.717, 1.165) is 25.6 Å². The first kappa shape index (κ1) is 7.22. The van der Waals surface area contributed by atoms with Crippen molar-refractivity contribution in [3.05, 3.63) is 0 Å². The Labute approximate surface area is 67.5 Å². The fourth-order valence-corrected chi connectivity index (χ4v) is 2.19. The number of azo groups is 1. The summed E-state index contributed by atoms with van der Waals surface area (Å²) in [4.78, 5) is 2.49. The van der Waals surface area contributed by atoms with E-state index in [1.807, 2.05) is 0 Å². The highest BCUT2D eigenvalue weighted by Crippen LogP contribution is 2.30. The first-order valence-electron chi connectivity index (χ1n) is 4.43. The van der Waals surface area contributed by atoms with Gasteiger partial charge in [0, 0.05) is 18.5 Å². The molecule has 62 valence electrons. The van der Waals surface area contributed by atoms with Gasteiger partial charge in [0.2, 0.25) is 0 Å². The van der Waals surface area contributed by atoms with Gasteiger partial charge < -0.3 is 0 Å². The van der Waals surface area contributed by atoms with E-state index in [4.69, 9.17) is 0 Å². The lowest BCUT2D eigenvalue weighted by Crippen LogP contribution is -2.30. The molecule has 0 aromatic rings. The van der Waals surface area contributed by atoms with Crippen molar-refractivity contribution >= 4 is 0 Å². The third kappa shape index (κ3) is 0.984. The van der Waals surface area contributed by atoms with E-state index in [0.29, 0.717) is 12.1 Å². The van der Waals surface area contributed by atoms with Crippen molar-refractivity contribution in [1.29, 1.82) is 0 Å². The summed E-state index contributed by atoms with van der Waals surface area (Å²) in [6.45, 7) is 7.76. The van der Waals surface area contributed by atoms with Crippen LogP contribution in [0.2, 0.25) is 0 Å². The summed E-state index contributed by atoms with van der Waals surface area (Å²) in [7, 11) is 0. The standard InChI is InChI=1S/C8H15N3/c1-3-11-5-8-7(6(11)2)4-9-10-8/h6-8H,3-5H2,1-2H3. The van der Waals surface area contributed by atoms with Gasteiger partial charge in [0.05, 0.1) is 12.6 Å². The second-order valence-electron chi connectivity index (χ2n) is 3.50. The van der Waals surface area contributed by atoms with Gasteiger partial charge in [-0.1, -0.05) is 6.92 Å². The second kappa shape index (κ2) is 2.55. The van der Waals surface area contributed by atoms with Crippen molar-refractivity contribution in [3.63, 3.8) is 0 Å². The van der Waals surface area contributed by atoms with Crippen LogP contribution >= 0.6 is 0 Å². The molecule has 11 heavy (non-hydrogen) atoms. The Morgan fingerprint density at radius 1 is 1.55 bits per heavy atom. The summed E-state index contributed by atoms with van der Waals surface area (Å²) < 4.78 is 0. The van der Waals surface area contributed by atoms with Crippen LogP contribution in [0.5, 0.6) is 0 Å². The smallest absolute Gasteiger partial charge is 0.0896 e. The van der Waals surface area contributed by atoms with E-state index < -0.39 is 0 Å². The fourth-order valence-electron chi connectivity index (χ4n) is 2.19. The van der Waals surface area contributed by atoms with Crippen LogP contribution in [0.15, 0.2) is 10.2 Å². The van der Waals surface area contributed by atoms with Gasteiger partial charge in [-0.2, -0.15) is 10.2 Å². The van der Waals surface area contributed by atoms with Crippen molar-refractivity contribution in [2.24, 2.45) is 16.1 Å². The first-order chi connectivity index (χ1) is 5.33. The minimum absolute atomic E-state index is 0.518. The largest absolute Gasteiger partial charge is 0.298 e. The van der Waals surface area contributed by atoms with Crippen molar-refractivity contribution < 1.29 is 0 Å². The number of hydrogen-bond donors (Lipinski definition) is 0. The molecule has 3 nitrogen and oxygen atoms in total. The topological polar surface area (TPSA) is 28.0 Å². The lowest BCUT2D eigenvalue weighted by molar-refractivity contribution is 0.255. The Morgan fingerprint density at radius 2 is 2.36 bits per heavy atom. The summed E-state index contributed by atoms with van der Waals surface area (Å²) in [5, 5.41) is 8.31. The lowest BCUT2D eigenvalue weighted by Gasteiger charge is -2.20. The van der Waals surface area contributed by atoms with Crippen LogP contribution in [0.25, 0.3) is 0 Å². The monoisotopic (exact) mass is 153 g/mol. The molecule has 2 aliphatic heterocycles. The summed E-state index contributed by atoms with van der Waals surface area (Å²) in [6, 6.07) is 1.21. The second-order valence-corrected chi connectivity index (χ2v) is 3.50. The zero-order chi connectivity index (χ0) is 7.84. The normalized spacial score (nSPS) is 43.3. The third-order valence-corrected chi connectivity index (χ3v) is 3.04. The molecule has 3 heteroatoms. The number of fused-ring (bicyclic) bond motifs is 1. The number of likely N-dealkylation sites (tertiary alicyclic amines) is 1. The number of nitrogens with zero attached hydrogens (tertiary/aromatic N) is 3. The molecule has 0 aliphatic carbocycles. The van der Waals surface area contributed by atoms with Gasteiger partial charge in [-0.3, -0.25) is 4.90 Å². The first-order valence-corrected chi connectivity index (χ1v) is 4.43. The van der Waals surface area contributed by atoms with Gasteiger partial charge in [-0.25, -0.2) is 0 Å². The van der Waals surface area contributed by atoms with Crippen LogP contribution in [-0.4, -0.2) is 36.6 Å². The molecular weight excluding hydrogens is 138 g/mol. The van der Waals surface area contributed by atoms with Gasteiger partial charge in [-0.15, -0.1) is 0 Å². The van der Waals surface area contributed by atoms with Crippen molar-refractivity contribution in [1.82, 2.24) is 4.90 Å². The van der Waals surface area contributed by atoms with E-state index in [9.17, 15) is 0 Å². The molecule has 3 unspecified atom stereocenters. The third-order valence-electron chi connectivity index (χ3n) is 3.04. The van der Waals surface area contributed by atoms with E-state index in [2.05, 4.69) is 29.0 Å². The van der Waals surface area contributed by atoms with Crippen LogP contribution < -0.4 is 0 Å². The summed E-state index contributed by atoms with van der Waals surface area (Å²) in [5.74, 6) is 0.718. The molecule has 1 saturated heterocycles. The summed E-state index contributed by atoms with van der Waals surface area (Å²) in [6.07, 6.45) is 0. The average molecular weight is 153 g/mol. The van der Waals surface area contributed by atoms with Crippen molar-refractivity contribution in [2.75, 3.05) is 19.6 Å². The van der Waals surface area contributed by atoms with Crippen LogP contribution in [-0.2, 0) is 0 Å². The predicted octanol–water partition coefficient (Wildman–Crippen LogP) is 1.16. The van der Waals surface area contributed by atoms with Crippen LogP contribution in [0.4, 0.5) is 0 Å². The molecule has 2 aliphatic rings. The van der Waals surface area contributed by atoms with Gasteiger partial charge >= 0.3 is 0 Å². The molecule has 0 bridgehead atoms. The summed E-state index contributed by atoms with van der Waals surface area (Å²) in [5.41, 5.74) is 0. The molecule has 1 fully saturated rings. The molecule has 0 spiro atoms. The maximum absolute atomic E-state index is 4.23. The Hall–Kier alpha value is -0.440. The minimum atomic E-state index is 0.518. The predicted molar refractivity (Wildman–Crippen MR) is 43.7 cm³/mol. The van der Waals surface area contributed by atoms with Crippen LogP contribution in [0.1, 0.15) is 13.8 Å². The Balaban J connectivity index is 2.09. The average Bonchev–Trinajstić information content (AvgIpc) is 2.53. The molecule has 0 saturated carbocycles. The van der Waals surface area contributed by atoms with Gasteiger partial charge in [-0.05, 0) is 13.5 Å². The molecular formula is C8H15N3. The van der Waals surface area contributed by atoms with E-state index >= 15 is 0 Å². The van der Waals surface area contributed by atoms with Gasteiger partial charge in [0.25, 0.3) is 0 Å². The highest BCUT2D eigenvalue weighted by atomic mass is 15.3. The zero-order valence-corrected chi connectivity index (χ0v) is 7.20. The maximum atomic E-state index is 4.23. The molecule has 0 aromatic carbocycles. The molecule has 0 amide bonds. The Bertz CT molecular complexity index is 178. The minimum Gasteiger partial charge on any atom is -0.298 e. The van der Waals surface area contributed by atoms with Crippen LogP contribution in [0.3, 0.4) is 0 Å². The maximum Gasteiger partial charge on any atom is 0.0896 e. The van der Waals surface area contributed by atoms with Gasteiger partial charge in [0.1, 0.15) is 0 Å². The van der Waals surface area contributed by atoms with Gasteiger partial charge in [0.15, 0.2) is 0 Å². The molecule has 0 N–H and O–H groups in total. The van der Waals surface area contributed by atoms with Crippen LogP contribution in [0, 0.1) is 5.92 Å². The number of hydrogen-bond acceptors (Lipinski definition) is 3. The van der Waals surface area contributed by atoms with E-state index in [-0.39, 0.29) is 0 Å². The van der Waals surface area contributed by atoms with E-state index in [1.54, 1.807) is 0 Å². The molecule has 3 atom stereocenters. The molecule has 2 rings (SSSR count). The Kier molecular flexibility index (Phi) is 1.68. The van der Waals surface area contributed by atoms with Crippen molar-refractivity contribution in [3.8, 4) is 0 Å². The fraction of sp³-hybridized carbons (Fsp3) is 1.00. The van der Waals surface area contributed by atoms with E-state index in [1.165, 1.54) is 0 Å². The SMILES string of the molecule is CCN1CC2N=NCC2C1C. The lowest BCUT2D eigenvalue weighted by atomic mass is 10.00. The zero-order valence-electron chi connectivity index (χ0n) is 7.20. The molecule has 0 radical (unpaired) electrons. The molecule has 2 heterocycles. The van der Waals surface area contributed by atoms with Crippen molar-refractivity contribution in [2.45, 2.75) is 25.9 Å². The summed E-state index contributed by atoms with van der Waals surface area (Å²) >= 11 is 0. The number of rotatable bonds is 1. The quantitative estimate of drug-likeness (QED) is 0.555. The number of likely N-dealkylation sites (N-methyl/N-ethyl adjacent to an activating group) is 1. The highest BCUT2D eigenvalue weighted by molar-refractivity contribution is 4.97.